The zero-order chi connectivity index (χ0) is 55.7. The molecule has 9 nitrogen and oxygen atoms in total. The van der Waals surface area contributed by atoms with Crippen molar-refractivity contribution >= 4 is 17.1 Å². The lowest BCUT2D eigenvalue weighted by molar-refractivity contribution is 0.372. The van der Waals surface area contributed by atoms with E-state index in [0.717, 1.165) is 77.2 Å². The van der Waals surface area contributed by atoms with Gasteiger partial charge in [-0.25, -0.2) is 0 Å². The predicted molar refractivity (Wildman–Crippen MR) is 323 cm³/mol. The van der Waals surface area contributed by atoms with E-state index in [2.05, 4.69) is 103 Å². The molecule has 0 aromatic heterocycles. The third-order valence-electron chi connectivity index (χ3n) is 14.7. The van der Waals surface area contributed by atoms with Gasteiger partial charge in [0.05, 0.1) is 11.1 Å². The fourth-order valence-corrected chi connectivity index (χ4v) is 10.6. The van der Waals surface area contributed by atoms with E-state index < -0.39 is 57.4 Å². The van der Waals surface area contributed by atoms with Crippen molar-refractivity contribution in [1.29, 1.82) is 0 Å². The van der Waals surface area contributed by atoms with Crippen LogP contribution in [-0.2, 0) is 0 Å². The van der Waals surface area contributed by atoms with Crippen LogP contribution in [0.25, 0.3) is 100 Å². The molecule has 0 aliphatic carbocycles. The number of anilines is 3. The second-order valence-electron chi connectivity index (χ2n) is 19.7. The van der Waals surface area contributed by atoms with Crippen LogP contribution in [0.1, 0.15) is 0 Å². The summed E-state index contributed by atoms with van der Waals surface area (Å²) in [5.41, 5.74) is 12.1. The van der Waals surface area contributed by atoms with Crippen molar-refractivity contribution in [3.8, 4) is 146 Å². The summed E-state index contributed by atoms with van der Waals surface area (Å²) in [6.07, 6.45) is 0. The molecule has 12 aromatic carbocycles. The van der Waals surface area contributed by atoms with Crippen LogP contribution in [0, 0.1) is 0 Å². The predicted octanol–water partition coefficient (Wildman–Crippen LogP) is 17.8. The minimum absolute atomic E-state index is 0.0370. The summed E-state index contributed by atoms with van der Waals surface area (Å²) in [6.45, 7) is 0. The molecular formula is C72H51NO8. The third-order valence-corrected chi connectivity index (χ3v) is 14.7. The summed E-state index contributed by atoms with van der Waals surface area (Å²) in [7, 11) is 0. The molecule has 0 bridgehead atoms. The summed E-state index contributed by atoms with van der Waals surface area (Å²) >= 11 is 0. The number of benzene rings is 12. The number of nitrogens with zero attached hydrogens (tertiary/aromatic N) is 1. The zero-order valence-electron chi connectivity index (χ0n) is 43.4. The zero-order valence-corrected chi connectivity index (χ0v) is 43.4. The second-order valence-corrected chi connectivity index (χ2v) is 19.7. The molecule has 0 spiro atoms. The molecule has 392 valence electrons. The van der Waals surface area contributed by atoms with E-state index in [-0.39, 0.29) is 27.9 Å². The lowest BCUT2D eigenvalue weighted by atomic mass is 9.88. The molecule has 0 aliphatic rings. The fourth-order valence-electron chi connectivity index (χ4n) is 10.6. The molecule has 0 fully saturated rings. The quantitative estimate of drug-likeness (QED) is 0.0439. The van der Waals surface area contributed by atoms with Gasteiger partial charge in [0.25, 0.3) is 0 Å². The van der Waals surface area contributed by atoms with E-state index in [0.29, 0.717) is 5.56 Å². The molecule has 8 N–H and O–H groups in total. The number of hydrogen-bond acceptors (Lipinski definition) is 9. The fraction of sp³-hybridized carbons (Fsp3) is 0. The number of aromatic hydroxyl groups is 8. The minimum Gasteiger partial charge on any atom is -0.504 e. The first-order chi connectivity index (χ1) is 39.5. The van der Waals surface area contributed by atoms with E-state index in [9.17, 15) is 40.9 Å². The van der Waals surface area contributed by atoms with Gasteiger partial charge in [0.15, 0.2) is 46.0 Å². The van der Waals surface area contributed by atoms with Crippen molar-refractivity contribution in [2.24, 2.45) is 0 Å². The first-order valence-corrected chi connectivity index (χ1v) is 26.2. The monoisotopic (exact) mass is 1060 g/mol. The summed E-state index contributed by atoms with van der Waals surface area (Å²) in [5, 5.41) is 94.9. The third kappa shape index (κ3) is 9.62. The lowest BCUT2D eigenvalue weighted by Gasteiger charge is -2.30. The average Bonchev–Trinajstić information content (AvgIpc) is 3.64. The SMILES string of the molecule is Oc1c(O)c(N(c2ccc(-c3cc(-c4cc(-c5ccccc5)cc(-c5ccccc5)c4)cc(-c4cc(-c5ccccc5)cc(-c5ccccc5)c4)c3)cc2)c2c(O)c(O)c(-c3ccccc3)c(O)c2O)c(O)c(O)c1-c1ccccc1. The molecular weight excluding hydrogens is 1010 g/mol. The highest BCUT2D eigenvalue weighted by atomic mass is 16.3. The van der Waals surface area contributed by atoms with E-state index in [1.165, 1.54) is 0 Å². The minimum atomic E-state index is -0.962. The summed E-state index contributed by atoms with van der Waals surface area (Å²) in [6, 6.07) is 83.6. The van der Waals surface area contributed by atoms with Gasteiger partial charge >= 0.3 is 0 Å². The Balaban J connectivity index is 1.08. The van der Waals surface area contributed by atoms with Gasteiger partial charge in [0, 0.05) is 5.69 Å². The first-order valence-electron chi connectivity index (χ1n) is 26.2. The highest BCUT2D eigenvalue weighted by Crippen LogP contribution is 2.63. The maximum absolute atomic E-state index is 12.0. The van der Waals surface area contributed by atoms with E-state index in [4.69, 9.17) is 0 Å². The molecule has 0 saturated heterocycles. The molecule has 0 heterocycles. The molecule has 0 radical (unpaired) electrons. The molecule has 0 amide bonds. The topological polar surface area (TPSA) is 165 Å². The van der Waals surface area contributed by atoms with Crippen molar-refractivity contribution in [2.75, 3.05) is 4.90 Å². The van der Waals surface area contributed by atoms with Gasteiger partial charge in [-0.2, -0.15) is 0 Å². The van der Waals surface area contributed by atoms with Crippen LogP contribution >= 0.6 is 0 Å². The number of hydrogen-bond donors (Lipinski definition) is 8. The van der Waals surface area contributed by atoms with Gasteiger partial charge in [-0.1, -0.05) is 194 Å². The van der Waals surface area contributed by atoms with Crippen molar-refractivity contribution in [3.05, 3.63) is 261 Å². The standard InChI is InChI=1S/C72H51NO8/c74-65-61(49-27-15-5-16-28-49)66(75)70(79)63(69(65)78)73(64-71(80)67(76)62(68(77)72(64)81)50-29-17-6-18-30-50)60-33-31-48(32-34-60)55-41-58(56-37-51(44-19-7-1-8-20-44)35-52(38-56)45-21-9-2-10-22-45)43-59(42-55)57-39-53(46-23-11-3-12-24-46)36-54(40-57)47-25-13-4-14-26-47/h1-43,74-81H. The molecule has 81 heavy (non-hydrogen) atoms. The van der Waals surface area contributed by atoms with Gasteiger partial charge < -0.3 is 40.9 Å². The highest BCUT2D eigenvalue weighted by Gasteiger charge is 2.35. The van der Waals surface area contributed by atoms with Crippen LogP contribution in [0.3, 0.4) is 0 Å². The number of phenols is 8. The first kappa shape index (κ1) is 50.6. The summed E-state index contributed by atoms with van der Waals surface area (Å²) in [4.78, 5) is 0.948. The summed E-state index contributed by atoms with van der Waals surface area (Å²) < 4.78 is 0. The Morgan fingerprint density at radius 1 is 0.173 bits per heavy atom. The largest absolute Gasteiger partial charge is 0.504 e. The van der Waals surface area contributed by atoms with Gasteiger partial charge in [-0.05, 0) is 156 Å². The Morgan fingerprint density at radius 2 is 0.358 bits per heavy atom. The maximum Gasteiger partial charge on any atom is 0.186 e. The molecule has 0 aliphatic heterocycles. The van der Waals surface area contributed by atoms with E-state index in [1.54, 1.807) is 84.9 Å². The van der Waals surface area contributed by atoms with Crippen molar-refractivity contribution < 1.29 is 40.9 Å². The Kier molecular flexibility index (Phi) is 13.3. The summed E-state index contributed by atoms with van der Waals surface area (Å²) in [5.74, 6) is -7.22. The molecule has 0 atom stereocenters. The Labute approximate surface area is 467 Å². The Hall–Kier alpha value is -11.2. The van der Waals surface area contributed by atoms with E-state index >= 15 is 0 Å². The van der Waals surface area contributed by atoms with Crippen molar-refractivity contribution in [3.63, 3.8) is 0 Å². The molecule has 9 heteroatoms. The van der Waals surface area contributed by atoms with Crippen LogP contribution < -0.4 is 4.90 Å². The molecule has 0 saturated carbocycles. The molecule has 12 rings (SSSR count). The van der Waals surface area contributed by atoms with E-state index in [1.807, 2.05) is 72.8 Å². The number of phenolic OH excluding ortho intramolecular Hbond substituents is 8. The Bertz CT molecular complexity index is 3850. The van der Waals surface area contributed by atoms with Crippen molar-refractivity contribution in [2.45, 2.75) is 0 Å². The van der Waals surface area contributed by atoms with Crippen molar-refractivity contribution in [1.82, 2.24) is 0 Å². The average molecular weight is 1060 g/mol. The van der Waals surface area contributed by atoms with Gasteiger partial charge in [0.1, 0.15) is 11.4 Å². The molecule has 0 unspecified atom stereocenters. The van der Waals surface area contributed by atoms with Crippen LogP contribution in [-0.4, -0.2) is 40.9 Å². The Morgan fingerprint density at radius 3 is 0.580 bits per heavy atom. The maximum atomic E-state index is 12.0. The molecule has 12 aromatic rings. The van der Waals surface area contributed by atoms with Crippen LogP contribution in [0.4, 0.5) is 17.1 Å². The van der Waals surface area contributed by atoms with Crippen LogP contribution in [0.15, 0.2) is 261 Å². The second kappa shape index (κ2) is 21.3. The normalized spacial score (nSPS) is 11.1. The van der Waals surface area contributed by atoms with Gasteiger partial charge in [-0.15, -0.1) is 0 Å². The van der Waals surface area contributed by atoms with Gasteiger partial charge in [-0.3, -0.25) is 4.90 Å². The van der Waals surface area contributed by atoms with Crippen LogP contribution in [0.5, 0.6) is 46.0 Å². The lowest BCUT2D eigenvalue weighted by Crippen LogP contribution is -2.12. The number of rotatable bonds is 12. The smallest absolute Gasteiger partial charge is 0.186 e. The van der Waals surface area contributed by atoms with Gasteiger partial charge in [0.2, 0.25) is 0 Å². The van der Waals surface area contributed by atoms with Crippen LogP contribution in [0.2, 0.25) is 0 Å². The highest BCUT2D eigenvalue weighted by molar-refractivity contribution is 6.00.